The third-order valence-electron chi connectivity index (χ3n) is 2.26. The van der Waals surface area contributed by atoms with Crippen LogP contribution in [0.5, 0.6) is 0 Å². The van der Waals surface area contributed by atoms with Gasteiger partial charge < -0.3 is 5.73 Å². The number of nitrogens with zero attached hydrogens (tertiary/aromatic N) is 1. The summed E-state index contributed by atoms with van der Waals surface area (Å²) < 4.78 is 26.7. The first-order chi connectivity index (χ1) is 8.90. The number of nitrogens with two attached hydrogens (primary N) is 1. The molecule has 5 nitrogen and oxygen atoms in total. The predicted octanol–water partition coefficient (Wildman–Crippen LogP) is 2.77. The Balaban J connectivity index is 2.44. The largest absolute Gasteiger partial charge is 0.399 e. The molecule has 0 unspecified atom stereocenters. The summed E-state index contributed by atoms with van der Waals surface area (Å²) in [5, 5.41) is 0.306. The Labute approximate surface area is 120 Å². The molecule has 1 heterocycles. The van der Waals surface area contributed by atoms with Crippen molar-refractivity contribution in [2.24, 2.45) is 0 Å². The Kier molecular flexibility index (Phi) is 3.84. The summed E-state index contributed by atoms with van der Waals surface area (Å²) >= 11 is 11.7. The van der Waals surface area contributed by atoms with Crippen molar-refractivity contribution >= 4 is 44.6 Å². The minimum atomic E-state index is -3.88. The van der Waals surface area contributed by atoms with Gasteiger partial charge in [-0.05, 0) is 24.3 Å². The van der Waals surface area contributed by atoms with Gasteiger partial charge >= 0.3 is 0 Å². The topological polar surface area (TPSA) is 85.1 Å². The van der Waals surface area contributed by atoms with E-state index in [2.05, 4.69) is 9.71 Å². The summed E-state index contributed by atoms with van der Waals surface area (Å²) in [4.78, 5) is 3.68. The molecular weight excluding hydrogens is 309 g/mol. The van der Waals surface area contributed by atoms with E-state index < -0.39 is 10.0 Å². The minimum absolute atomic E-state index is 0.0710. The van der Waals surface area contributed by atoms with Crippen molar-refractivity contribution in [3.05, 3.63) is 46.7 Å². The van der Waals surface area contributed by atoms with Crippen LogP contribution in [0, 0.1) is 0 Å². The van der Waals surface area contributed by atoms with Crippen molar-refractivity contribution in [1.29, 1.82) is 0 Å². The number of pyridine rings is 1. The highest BCUT2D eigenvalue weighted by Crippen LogP contribution is 2.28. The zero-order valence-corrected chi connectivity index (χ0v) is 11.8. The number of aromatic nitrogens is 1. The molecule has 0 fully saturated rings. The van der Waals surface area contributed by atoms with E-state index in [0.717, 1.165) is 0 Å². The Hall–Kier alpha value is -1.50. The van der Waals surface area contributed by atoms with Crippen molar-refractivity contribution in [3.63, 3.8) is 0 Å². The summed E-state index contributed by atoms with van der Waals surface area (Å²) in [7, 11) is -3.88. The van der Waals surface area contributed by atoms with Crippen molar-refractivity contribution < 1.29 is 8.42 Å². The SMILES string of the molecule is Nc1ccc(Cl)c(S(=O)(=O)Nc2cnccc2Cl)c1. The number of hydrogen-bond acceptors (Lipinski definition) is 4. The van der Waals surface area contributed by atoms with E-state index >= 15 is 0 Å². The van der Waals surface area contributed by atoms with Crippen molar-refractivity contribution in [2.75, 3.05) is 10.5 Å². The zero-order valence-electron chi connectivity index (χ0n) is 9.47. The quantitative estimate of drug-likeness (QED) is 0.852. The van der Waals surface area contributed by atoms with Gasteiger partial charge in [0.25, 0.3) is 10.0 Å². The molecule has 2 aromatic rings. The number of sulfonamides is 1. The van der Waals surface area contributed by atoms with Crippen LogP contribution in [0.2, 0.25) is 10.0 Å². The smallest absolute Gasteiger partial charge is 0.263 e. The lowest BCUT2D eigenvalue weighted by atomic mass is 10.3. The molecule has 0 aliphatic heterocycles. The number of nitrogens with one attached hydrogen (secondary N) is 1. The molecule has 100 valence electrons. The minimum Gasteiger partial charge on any atom is -0.399 e. The second-order valence-corrected chi connectivity index (χ2v) is 6.12. The second kappa shape index (κ2) is 5.24. The van der Waals surface area contributed by atoms with E-state index in [-0.39, 0.29) is 20.6 Å². The van der Waals surface area contributed by atoms with E-state index in [4.69, 9.17) is 28.9 Å². The Morgan fingerprint density at radius 2 is 1.89 bits per heavy atom. The molecule has 0 aliphatic carbocycles. The van der Waals surface area contributed by atoms with Gasteiger partial charge in [0.05, 0.1) is 21.9 Å². The van der Waals surface area contributed by atoms with Crippen molar-refractivity contribution in [3.8, 4) is 0 Å². The molecule has 0 amide bonds. The highest BCUT2D eigenvalue weighted by Gasteiger charge is 2.19. The van der Waals surface area contributed by atoms with Gasteiger partial charge in [0.1, 0.15) is 4.90 Å². The van der Waals surface area contributed by atoms with Crippen molar-refractivity contribution in [2.45, 2.75) is 4.90 Å². The van der Waals surface area contributed by atoms with Crippen LogP contribution in [0.1, 0.15) is 0 Å². The summed E-state index contributed by atoms with van der Waals surface area (Å²) in [5.41, 5.74) is 6.02. The van der Waals surface area contributed by atoms with Crippen LogP contribution in [0.4, 0.5) is 11.4 Å². The predicted molar refractivity (Wildman–Crippen MR) is 75.9 cm³/mol. The molecule has 1 aromatic heterocycles. The standard InChI is InChI=1S/C11H9Cl2N3O2S/c12-8-3-4-15-6-10(8)16-19(17,18)11-5-7(14)1-2-9(11)13/h1-6,16H,14H2. The number of rotatable bonds is 3. The molecular formula is C11H9Cl2N3O2S. The number of anilines is 2. The Morgan fingerprint density at radius 1 is 1.16 bits per heavy atom. The summed E-state index contributed by atoms with van der Waals surface area (Å²) in [5.74, 6) is 0. The zero-order chi connectivity index (χ0) is 14.0. The summed E-state index contributed by atoms with van der Waals surface area (Å²) in [6.45, 7) is 0. The van der Waals surface area contributed by atoms with E-state index in [9.17, 15) is 8.42 Å². The maximum absolute atomic E-state index is 12.2. The fraction of sp³-hybridized carbons (Fsp3) is 0. The van der Waals surface area contributed by atoms with Crippen LogP contribution in [0.25, 0.3) is 0 Å². The monoisotopic (exact) mass is 317 g/mol. The molecule has 0 saturated carbocycles. The normalized spacial score (nSPS) is 11.3. The average molecular weight is 318 g/mol. The van der Waals surface area contributed by atoms with Crippen molar-refractivity contribution in [1.82, 2.24) is 4.98 Å². The van der Waals surface area contributed by atoms with Gasteiger partial charge in [0, 0.05) is 11.9 Å². The van der Waals surface area contributed by atoms with Gasteiger partial charge in [-0.2, -0.15) is 0 Å². The molecule has 0 bridgehead atoms. The van der Waals surface area contributed by atoms with Crippen LogP contribution in [-0.2, 0) is 10.0 Å². The van der Waals surface area contributed by atoms with Gasteiger partial charge in [-0.25, -0.2) is 8.42 Å². The highest BCUT2D eigenvalue weighted by molar-refractivity contribution is 7.92. The lowest BCUT2D eigenvalue weighted by Crippen LogP contribution is -2.14. The fourth-order valence-corrected chi connectivity index (χ4v) is 3.19. The maximum Gasteiger partial charge on any atom is 0.263 e. The fourth-order valence-electron chi connectivity index (χ4n) is 1.38. The number of halogens is 2. The van der Waals surface area contributed by atoms with Gasteiger partial charge in [-0.1, -0.05) is 23.2 Å². The summed E-state index contributed by atoms with van der Waals surface area (Å²) in [6.07, 6.45) is 2.76. The first-order valence-corrected chi connectivity index (χ1v) is 7.31. The first kappa shape index (κ1) is 13.9. The van der Waals surface area contributed by atoms with Gasteiger partial charge in [0.15, 0.2) is 0 Å². The third-order valence-corrected chi connectivity index (χ3v) is 4.43. The maximum atomic E-state index is 12.2. The molecule has 19 heavy (non-hydrogen) atoms. The number of hydrogen-bond donors (Lipinski definition) is 2. The average Bonchev–Trinajstić information content (AvgIpc) is 2.35. The van der Waals surface area contributed by atoms with Crippen LogP contribution >= 0.6 is 23.2 Å². The van der Waals surface area contributed by atoms with Crippen LogP contribution in [0.3, 0.4) is 0 Å². The molecule has 0 atom stereocenters. The highest BCUT2D eigenvalue weighted by atomic mass is 35.5. The summed E-state index contributed by atoms with van der Waals surface area (Å²) in [6, 6.07) is 5.67. The third kappa shape index (κ3) is 3.09. The lowest BCUT2D eigenvalue weighted by molar-refractivity contribution is 0.601. The number of nitrogen functional groups attached to an aromatic ring is 1. The first-order valence-electron chi connectivity index (χ1n) is 5.07. The van der Waals surface area contributed by atoms with E-state index in [1.165, 1.54) is 36.7 Å². The van der Waals surface area contributed by atoms with E-state index in [0.29, 0.717) is 5.69 Å². The van der Waals surface area contributed by atoms with Gasteiger partial charge in [-0.15, -0.1) is 0 Å². The number of benzene rings is 1. The Bertz CT molecular complexity index is 720. The molecule has 8 heteroatoms. The van der Waals surface area contributed by atoms with Crippen LogP contribution in [-0.4, -0.2) is 13.4 Å². The molecule has 0 aliphatic rings. The van der Waals surface area contributed by atoms with Crippen LogP contribution in [0.15, 0.2) is 41.6 Å². The van der Waals surface area contributed by atoms with E-state index in [1.807, 2.05) is 0 Å². The molecule has 0 saturated heterocycles. The van der Waals surface area contributed by atoms with E-state index in [1.54, 1.807) is 0 Å². The lowest BCUT2D eigenvalue weighted by Gasteiger charge is -2.10. The molecule has 2 rings (SSSR count). The molecule has 0 spiro atoms. The molecule has 3 N–H and O–H groups in total. The molecule has 1 aromatic carbocycles. The van der Waals surface area contributed by atoms with Gasteiger partial charge in [0.2, 0.25) is 0 Å². The Morgan fingerprint density at radius 3 is 2.58 bits per heavy atom. The molecule has 0 radical (unpaired) electrons. The second-order valence-electron chi connectivity index (χ2n) is 3.65. The van der Waals surface area contributed by atoms with Crippen LogP contribution < -0.4 is 10.5 Å². The van der Waals surface area contributed by atoms with Gasteiger partial charge in [-0.3, -0.25) is 9.71 Å².